The van der Waals surface area contributed by atoms with Crippen molar-refractivity contribution in [1.82, 2.24) is 0 Å². The molecule has 1 saturated carbocycles. The molecular weight excluding hydrogens is 222 g/mol. The monoisotopic (exact) mass is 241 g/mol. The van der Waals surface area contributed by atoms with Gasteiger partial charge in [0.05, 0.1) is 5.41 Å². The lowest BCUT2D eigenvalue weighted by Crippen LogP contribution is -2.41. The van der Waals surface area contributed by atoms with Crippen LogP contribution in [-0.2, 0) is 16.6 Å². The van der Waals surface area contributed by atoms with E-state index in [0.29, 0.717) is 5.92 Å². The molecule has 0 bridgehead atoms. The molecule has 2 aliphatic rings. The maximum absolute atomic E-state index is 12.0. The van der Waals surface area contributed by atoms with E-state index in [1.807, 2.05) is 6.92 Å². The van der Waals surface area contributed by atoms with E-state index in [2.05, 4.69) is 31.2 Å². The highest BCUT2D eigenvalue weighted by atomic mass is 16.1. The van der Waals surface area contributed by atoms with Crippen LogP contribution in [-0.4, -0.2) is 5.91 Å². The molecule has 1 unspecified atom stereocenters. The molecule has 1 fully saturated rings. The van der Waals surface area contributed by atoms with Crippen molar-refractivity contribution >= 4 is 12.0 Å². The Bertz CT molecular complexity index is 554. The Hall–Kier alpha value is -1.57. The van der Waals surface area contributed by atoms with Crippen LogP contribution in [0, 0.1) is 5.92 Å². The summed E-state index contributed by atoms with van der Waals surface area (Å²) in [4.78, 5) is 12.0. The zero-order valence-corrected chi connectivity index (χ0v) is 11.0. The van der Waals surface area contributed by atoms with Gasteiger partial charge in [-0.3, -0.25) is 4.79 Å². The van der Waals surface area contributed by atoms with Crippen LogP contribution in [0.2, 0.25) is 0 Å². The molecule has 0 spiro atoms. The molecule has 1 atom stereocenters. The van der Waals surface area contributed by atoms with Gasteiger partial charge in [-0.15, -0.1) is 0 Å². The summed E-state index contributed by atoms with van der Waals surface area (Å²) in [5.74, 6) is 0.243. The third-order valence-corrected chi connectivity index (χ3v) is 4.52. The number of rotatable bonds is 3. The van der Waals surface area contributed by atoms with Crippen LogP contribution in [0.5, 0.6) is 0 Å². The summed E-state index contributed by atoms with van der Waals surface area (Å²) in [5.41, 5.74) is 10.3. The molecule has 0 heterocycles. The van der Waals surface area contributed by atoms with E-state index in [1.165, 1.54) is 16.7 Å². The third kappa shape index (κ3) is 1.52. The zero-order valence-electron chi connectivity index (χ0n) is 11.0. The summed E-state index contributed by atoms with van der Waals surface area (Å²) in [5, 5.41) is 0. The van der Waals surface area contributed by atoms with Crippen LogP contribution in [0.4, 0.5) is 0 Å². The summed E-state index contributed by atoms with van der Waals surface area (Å²) < 4.78 is 0. The van der Waals surface area contributed by atoms with Gasteiger partial charge in [0.25, 0.3) is 0 Å². The number of hydrogen-bond acceptors (Lipinski definition) is 1. The molecule has 0 radical (unpaired) electrons. The van der Waals surface area contributed by atoms with Crippen LogP contribution in [0.25, 0.3) is 6.08 Å². The molecule has 94 valence electrons. The standard InChI is InChI=1S/C16H19NO/c1-10-8-11-4-3-5-14(13(11)9-10)16(2,15(17)18)12-6-7-12/h3-5,9,12H,6-8H2,1-2H3,(H2,17,18). The predicted molar refractivity (Wildman–Crippen MR) is 73.1 cm³/mol. The number of carbonyl (C=O) groups is 1. The van der Waals surface area contributed by atoms with Crippen LogP contribution >= 0.6 is 0 Å². The van der Waals surface area contributed by atoms with E-state index < -0.39 is 5.41 Å². The molecular formula is C16H19NO. The van der Waals surface area contributed by atoms with Crippen molar-refractivity contribution in [2.45, 2.75) is 38.5 Å². The Morgan fingerprint density at radius 1 is 1.39 bits per heavy atom. The molecule has 0 aliphatic heterocycles. The molecule has 1 amide bonds. The van der Waals surface area contributed by atoms with E-state index in [1.54, 1.807) is 0 Å². The first-order valence-electron chi connectivity index (χ1n) is 6.63. The fourth-order valence-electron chi connectivity index (χ4n) is 3.20. The molecule has 2 N–H and O–H groups in total. The van der Waals surface area contributed by atoms with Gasteiger partial charge < -0.3 is 5.73 Å². The van der Waals surface area contributed by atoms with Gasteiger partial charge >= 0.3 is 0 Å². The smallest absolute Gasteiger partial charge is 0.228 e. The number of amides is 1. The first-order valence-corrected chi connectivity index (χ1v) is 6.63. The number of hydrogen-bond donors (Lipinski definition) is 1. The predicted octanol–water partition coefficient (Wildman–Crippen LogP) is 2.80. The normalized spacial score (nSPS) is 21.1. The van der Waals surface area contributed by atoms with Crippen molar-refractivity contribution in [3.63, 3.8) is 0 Å². The average Bonchev–Trinajstić information content (AvgIpc) is 3.09. The van der Waals surface area contributed by atoms with Gasteiger partial charge in [0.2, 0.25) is 5.91 Å². The van der Waals surface area contributed by atoms with Crippen molar-refractivity contribution in [1.29, 1.82) is 0 Å². The van der Waals surface area contributed by atoms with Crippen LogP contribution < -0.4 is 5.73 Å². The van der Waals surface area contributed by atoms with Crippen molar-refractivity contribution < 1.29 is 4.79 Å². The van der Waals surface area contributed by atoms with Crippen molar-refractivity contribution in [2.75, 3.05) is 0 Å². The summed E-state index contributed by atoms with van der Waals surface area (Å²) >= 11 is 0. The van der Waals surface area contributed by atoms with E-state index in [4.69, 9.17) is 5.73 Å². The van der Waals surface area contributed by atoms with Crippen LogP contribution in [0.15, 0.2) is 23.8 Å². The van der Waals surface area contributed by atoms with Crippen LogP contribution in [0.1, 0.15) is 43.4 Å². The molecule has 2 heteroatoms. The maximum atomic E-state index is 12.0. The molecule has 0 aromatic heterocycles. The second-order valence-electron chi connectivity index (χ2n) is 5.89. The molecule has 2 nitrogen and oxygen atoms in total. The highest BCUT2D eigenvalue weighted by molar-refractivity contribution is 5.89. The lowest BCUT2D eigenvalue weighted by molar-refractivity contribution is -0.123. The van der Waals surface area contributed by atoms with E-state index in [9.17, 15) is 4.79 Å². The second-order valence-corrected chi connectivity index (χ2v) is 5.89. The van der Waals surface area contributed by atoms with Gasteiger partial charge in [0, 0.05) is 0 Å². The summed E-state index contributed by atoms with van der Waals surface area (Å²) in [6.07, 6.45) is 5.45. The maximum Gasteiger partial charge on any atom is 0.228 e. The largest absolute Gasteiger partial charge is 0.369 e. The molecule has 3 rings (SSSR count). The minimum atomic E-state index is -0.494. The fraction of sp³-hybridized carbons (Fsp3) is 0.438. The van der Waals surface area contributed by atoms with Crippen molar-refractivity contribution in [3.8, 4) is 0 Å². The number of benzene rings is 1. The minimum absolute atomic E-state index is 0.184. The quantitative estimate of drug-likeness (QED) is 0.868. The van der Waals surface area contributed by atoms with Gasteiger partial charge in [-0.05, 0) is 55.7 Å². The van der Waals surface area contributed by atoms with Gasteiger partial charge in [0.15, 0.2) is 0 Å². The summed E-state index contributed by atoms with van der Waals surface area (Å²) in [7, 11) is 0. The van der Waals surface area contributed by atoms with Gasteiger partial charge in [0.1, 0.15) is 0 Å². The number of fused-ring (bicyclic) bond motifs is 1. The third-order valence-electron chi connectivity index (χ3n) is 4.52. The molecule has 1 aromatic carbocycles. The van der Waals surface area contributed by atoms with Gasteiger partial charge in [-0.25, -0.2) is 0 Å². The fourth-order valence-corrected chi connectivity index (χ4v) is 3.20. The lowest BCUT2D eigenvalue weighted by Gasteiger charge is -2.28. The number of nitrogens with two attached hydrogens (primary N) is 1. The molecule has 2 aliphatic carbocycles. The first kappa shape index (κ1) is 11.5. The van der Waals surface area contributed by atoms with Crippen LogP contribution in [0.3, 0.4) is 0 Å². The zero-order chi connectivity index (χ0) is 12.9. The second kappa shape index (κ2) is 3.71. The number of primary amides is 1. The van der Waals surface area contributed by atoms with Crippen molar-refractivity contribution in [3.05, 3.63) is 40.5 Å². The Morgan fingerprint density at radius 2 is 2.11 bits per heavy atom. The van der Waals surface area contributed by atoms with Gasteiger partial charge in [-0.2, -0.15) is 0 Å². The Kier molecular flexibility index (Phi) is 2.37. The summed E-state index contributed by atoms with van der Waals surface area (Å²) in [6, 6.07) is 6.29. The molecule has 0 saturated heterocycles. The Morgan fingerprint density at radius 3 is 2.72 bits per heavy atom. The first-order chi connectivity index (χ1) is 8.53. The summed E-state index contributed by atoms with van der Waals surface area (Å²) in [6.45, 7) is 4.16. The highest BCUT2D eigenvalue weighted by Gasteiger charge is 2.48. The van der Waals surface area contributed by atoms with E-state index in [0.717, 1.165) is 24.8 Å². The molecule has 18 heavy (non-hydrogen) atoms. The minimum Gasteiger partial charge on any atom is -0.369 e. The Balaban J connectivity index is 2.17. The molecule has 1 aromatic rings. The van der Waals surface area contributed by atoms with E-state index in [-0.39, 0.29) is 5.91 Å². The highest BCUT2D eigenvalue weighted by Crippen LogP contribution is 2.49. The van der Waals surface area contributed by atoms with E-state index >= 15 is 0 Å². The average molecular weight is 241 g/mol. The topological polar surface area (TPSA) is 43.1 Å². The lowest BCUT2D eigenvalue weighted by atomic mass is 9.74. The number of allylic oxidation sites excluding steroid dienone is 1. The SMILES string of the molecule is CC1=Cc2c(cccc2C(C)(C(N)=O)C2CC2)C1. The Labute approximate surface area is 108 Å². The van der Waals surface area contributed by atoms with Crippen molar-refractivity contribution in [2.24, 2.45) is 11.7 Å². The number of carbonyl (C=O) groups excluding carboxylic acids is 1. The van der Waals surface area contributed by atoms with Gasteiger partial charge in [-0.1, -0.05) is 29.8 Å².